The van der Waals surface area contributed by atoms with Crippen LogP contribution in [0.1, 0.15) is 22.7 Å². The number of hydrogen-bond donors (Lipinski definition) is 1. The number of hydrogen-bond acceptors (Lipinski definition) is 4. The number of rotatable bonds is 6. The number of nitrogens with one attached hydrogen (secondary N) is 1. The van der Waals surface area contributed by atoms with Crippen molar-refractivity contribution in [1.29, 1.82) is 0 Å². The highest BCUT2D eigenvalue weighted by Crippen LogP contribution is 2.39. The summed E-state index contributed by atoms with van der Waals surface area (Å²) < 4.78 is 18.7. The van der Waals surface area contributed by atoms with E-state index in [1.807, 2.05) is 14.1 Å². The van der Waals surface area contributed by atoms with E-state index in [2.05, 4.69) is 0 Å². The summed E-state index contributed by atoms with van der Waals surface area (Å²) in [6.07, 6.45) is 0. The van der Waals surface area contributed by atoms with Crippen LogP contribution in [-0.2, 0) is 9.59 Å². The molecular formula is C23H25FN2O4. The van der Waals surface area contributed by atoms with Gasteiger partial charge in [0.15, 0.2) is 0 Å². The smallest absolute Gasteiger partial charge is 0.295 e. The number of ether oxygens (including phenoxy) is 1. The molecule has 1 N–H and O–H groups in total. The minimum Gasteiger partial charge on any atom is -0.872 e. The number of likely N-dealkylation sites (N-methyl/N-ethyl adjacent to an activating group) is 1. The molecule has 2 aromatic carbocycles. The Labute approximate surface area is 175 Å². The highest BCUT2D eigenvalue weighted by atomic mass is 19.1. The van der Waals surface area contributed by atoms with Gasteiger partial charge in [0, 0.05) is 5.57 Å². The van der Waals surface area contributed by atoms with Gasteiger partial charge in [0.25, 0.3) is 5.91 Å². The van der Waals surface area contributed by atoms with Crippen LogP contribution in [-0.4, -0.2) is 50.9 Å². The number of likely N-dealkylation sites (tertiary alicyclic amines) is 1. The van der Waals surface area contributed by atoms with Crippen molar-refractivity contribution in [1.82, 2.24) is 4.90 Å². The number of carbonyl (C=O) groups excluding carboxylic acids is 2. The van der Waals surface area contributed by atoms with Crippen LogP contribution >= 0.6 is 0 Å². The molecule has 0 radical (unpaired) electrons. The van der Waals surface area contributed by atoms with Crippen molar-refractivity contribution in [2.45, 2.75) is 13.0 Å². The summed E-state index contributed by atoms with van der Waals surface area (Å²) in [6, 6.07) is 9.63. The number of benzene rings is 2. The fraction of sp³-hybridized carbons (Fsp3) is 0.304. The van der Waals surface area contributed by atoms with E-state index in [0.717, 1.165) is 4.90 Å². The van der Waals surface area contributed by atoms with E-state index < -0.39 is 29.3 Å². The van der Waals surface area contributed by atoms with Crippen LogP contribution in [0.25, 0.3) is 5.76 Å². The lowest BCUT2D eigenvalue weighted by Crippen LogP contribution is -3.06. The Morgan fingerprint density at radius 1 is 1.17 bits per heavy atom. The van der Waals surface area contributed by atoms with Crippen LogP contribution in [0.4, 0.5) is 4.39 Å². The molecule has 0 spiro atoms. The third-order valence-electron chi connectivity index (χ3n) is 5.25. The van der Waals surface area contributed by atoms with Crippen molar-refractivity contribution >= 4 is 17.4 Å². The molecule has 1 heterocycles. The van der Waals surface area contributed by atoms with E-state index in [-0.39, 0.29) is 5.57 Å². The van der Waals surface area contributed by atoms with Gasteiger partial charge in [0.2, 0.25) is 5.78 Å². The van der Waals surface area contributed by atoms with E-state index in [0.29, 0.717) is 35.5 Å². The molecule has 1 unspecified atom stereocenters. The summed E-state index contributed by atoms with van der Waals surface area (Å²) in [5, 5.41) is 13.4. The van der Waals surface area contributed by atoms with Crippen molar-refractivity contribution in [2.75, 3.05) is 34.3 Å². The lowest BCUT2D eigenvalue weighted by atomic mass is 9.94. The second-order valence-electron chi connectivity index (χ2n) is 7.66. The van der Waals surface area contributed by atoms with Crippen LogP contribution < -0.4 is 14.7 Å². The van der Waals surface area contributed by atoms with E-state index in [9.17, 15) is 19.1 Å². The lowest BCUT2D eigenvalue weighted by molar-refractivity contribution is -0.857. The summed E-state index contributed by atoms with van der Waals surface area (Å²) >= 11 is 0. The highest BCUT2D eigenvalue weighted by Gasteiger charge is 2.44. The zero-order chi connectivity index (χ0) is 22.0. The van der Waals surface area contributed by atoms with Crippen molar-refractivity contribution in [3.05, 3.63) is 70.5 Å². The Kier molecular flexibility index (Phi) is 6.22. The SMILES string of the molecule is COc1ccc(C([O-])=C2C(=O)C(=O)N(CC[NH+](C)C)C2c2ccc(F)cc2)c(C)c1. The normalized spacial score (nSPS) is 18.3. The third kappa shape index (κ3) is 4.07. The standard InChI is InChI=1S/C23H25FN2O4/c1-14-13-17(30-4)9-10-18(14)21(27)19-20(15-5-7-16(24)8-6-15)26(12-11-25(2)3)23(29)22(19)28/h5-10,13,20,27H,11-12H2,1-4H3. The van der Waals surface area contributed by atoms with Gasteiger partial charge in [0.05, 0.1) is 40.3 Å². The lowest BCUT2D eigenvalue weighted by Gasteiger charge is -2.28. The summed E-state index contributed by atoms with van der Waals surface area (Å²) in [4.78, 5) is 28.2. The molecule has 0 aliphatic carbocycles. The number of carbonyl (C=O) groups is 2. The molecule has 0 bridgehead atoms. The topological polar surface area (TPSA) is 74.1 Å². The first-order chi connectivity index (χ1) is 14.2. The second-order valence-corrected chi connectivity index (χ2v) is 7.66. The molecule has 1 atom stereocenters. The molecule has 1 aliphatic rings. The van der Waals surface area contributed by atoms with E-state index in [1.54, 1.807) is 25.1 Å². The van der Waals surface area contributed by atoms with Crippen LogP contribution in [0, 0.1) is 12.7 Å². The first kappa shape index (κ1) is 21.5. The van der Waals surface area contributed by atoms with Gasteiger partial charge in [-0.3, -0.25) is 9.59 Å². The number of Topliss-reactive ketones (excluding diaryl/α,β-unsaturated/α-hetero) is 1. The van der Waals surface area contributed by atoms with Crippen molar-refractivity contribution in [3.8, 4) is 5.75 Å². The molecule has 30 heavy (non-hydrogen) atoms. The quantitative estimate of drug-likeness (QED) is 0.426. The van der Waals surface area contributed by atoms with E-state index in [1.165, 1.54) is 36.3 Å². The van der Waals surface area contributed by atoms with Gasteiger partial charge in [-0.1, -0.05) is 24.0 Å². The van der Waals surface area contributed by atoms with Gasteiger partial charge >= 0.3 is 0 Å². The summed E-state index contributed by atoms with van der Waals surface area (Å²) in [5.74, 6) is -1.85. The van der Waals surface area contributed by atoms with Crippen molar-refractivity contribution in [3.63, 3.8) is 0 Å². The van der Waals surface area contributed by atoms with Crippen molar-refractivity contribution < 1.29 is 28.7 Å². The largest absolute Gasteiger partial charge is 0.872 e. The first-order valence-electron chi connectivity index (χ1n) is 9.70. The molecule has 1 amide bonds. The number of halogens is 1. The van der Waals surface area contributed by atoms with Gasteiger partial charge in [-0.05, 0) is 47.9 Å². The van der Waals surface area contributed by atoms with E-state index >= 15 is 0 Å². The molecular weight excluding hydrogens is 387 g/mol. The molecule has 2 aromatic rings. The van der Waals surface area contributed by atoms with Crippen LogP contribution in [0.5, 0.6) is 5.75 Å². The average Bonchev–Trinajstić information content (AvgIpc) is 2.96. The highest BCUT2D eigenvalue weighted by molar-refractivity contribution is 6.46. The number of amides is 1. The fourth-order valence-corrected chi connectivity index (χ4v) is 3.60. The molecule has 1 fully saturated rings. The monoisotopic (exact) mass is 412 g/mol. The number of methoxy groups -OCH3 is 1. The van der Waals surface area contributed by atoms with Crippen LogP contribution in [0.15, 0.2) is 48.0 Å². The molecule has 1 aliphatic heterocycles. The number of quaternary nitrogens is 1. The predicted molar refractivity (Wildman–Crippen MR) is 108 cm³/mol. The summed E-state index contributed by atoms with van der Waals surface area (Å²) in [5.41, 5.74) is 1.40. The number of ketones is 1. The van der Waals surface area contributed by atoms with Gasteiger partial charge < -0.3 is 19.6 Å². The third-order valence-corrected chi connectivity index (χ3v) is 5.25. The maximum Gasteiger partial charge on any atom is 0.295 e. The average molecular weight is 412 g/mol. The van der Waals surface area contributed by atoms with Gasteiger partial charge in [-0.15, -0.1) is 0 Å². The molecule has 158 valence electrons. The molecule has 3 rings (SSSR count). The Morgan fingerprint density at radius 2 is 1.83 bits per heavy atom. The van der Waals surface area contributed by atoms with Crippen LogP contribution in [0.3, 0.4) is 0 Å². The summed E-state index contributed by atoms with van der Waals surface area (Å²) in [7, 11) is 5.40. The first-order valence-corrected chi connectivity index (χ1v) is 9.70. The zero-order valence-electron chi connectivity index (χ0n) is 17.5. The zero-order valence-corrected chi connectivity index (χ0v) is 17.5. The fourth-order valence-electron chi connectivity index (χ4n) is 3.60. The Hall–Kier alpha value is -3.19. The van der Waals surface area contributed by atoms with Crippen molar-refractivity contribution in [2.24, 2.45) is 0 Å². The molecule has 7 heteroatoms. The number of nitrogens with zero attached hydrogens (tertiary/aromatic N) is 1. The Balaban J connectivity index is 2.16. The molecule has 0 aromatic heterocycles. The van der Waals surface area contributed by atoms with Gasteiger partial charge in [-0.2, -0.15) is 0 Å². The van der Waals surface area contributed by atoms with E-state index in [4.69, 9.17) is 4.74 Å². The minimum atomic E-state index is -0.848. The van der Waals surface area contributed by atoms with Crippen LogP contribution in [0.2, 0.25) is 0 Å². The molecule has 1 saturated heterocycles. The second kappa shape index (κ2) is 8.67. The molecule has 6 nitrogen and oxygen atoms in total. The van der Waals surface area contributed by atoms with Gasteiger partial charge in [0.1, 0.15) is 11.6 Å². The van der Waals surface area contributed by atoms with Gasteiger partial charge in [-0.25, -0.2) is 4.39 Å². The predicted octanol–water partition coefficient (Wildman–Crippen LogP) is 0.511. The molecule has 0 saturated carbocycles. The summed E-state index contributed by atoms with van der Waals surface area (Å²) in [6.45, 7) is 2.64. The Bertz CT molecular complexity index is 999. The maximum absolute atomic E-state index is 13.5. The minimum absolute atomic E-state index is 0.103. The number of aryl methyl sites for hydroxylation is 1. The Morgan fingerprint density at radius 3 is 2.40 bits per heavy atom. The maximum atomic E-state index is 13.5.